The highest BCUT2D eigenvalue weighted by atomic mass is 16.5. The molecule has 0 saturated carbocycles. The molecule has 1 amide bonds. The van der Waals surface area contributed by atoms with Gasteiger partial charge in [0.2, 0.25) is 5.91 Å². The lowest BCUT2D eigenvalue weighted by Gasteiger charge is -2.19. The minimum Gasteiger partial charge on any atom is -0.497 e. The van der Waals surface area contributed by atoms with Gasteiger partial charge >= 0.3 is 0 Å². The van der Waals surface area contributed by atoms with Crippen LogP contribution in [0.2, 0.25) is 0 Å². The van der Waals surface area contributed by atoms with Crippen molar-refractivity contribution in [1.82, 2.24) is 4.90 Å². The molecule has 0 spiro atoms. The molecule has 2 aromatic carbocycles. The van der Waals surface area contributed by atoms with Crippen LogP contribution in [0, 0.1) is 0 Å². The Morgan fingerprint density at radius 1 is 0.962 bits per heavy atom. The van der Waals surface area contributed by atoms with Crippen molar-refractivity contribution >= 4 is 12.0 Å². The number of hydrogen-bond acceptors (Lipinski definition) is 4. The van der Waals surface area contributed by atoms with Gasteiger partial charge in [-0.15, -0.1) is 0 Å². The average Bonchev–Trinajstić information content (AvgIpc) is 2.70. The highest BCUT2D eigenvalue weighted by Crippen LogP contribution is 2.28. The van der Waals surface area contributed by atoms with Gasteiger partial charge < -0.3 is 19.1 Å². The Morgan fingerprint density at radius 2 is 1.65 bits per heavy atom. The van der Waals surface area contributed by atoms with E-state index < -0.39 is 0 Å². The van der Waals surface area contributed by atoms with Gasteiger partial charge in [-0.1, -0.05) is 18.2 Å². The van der Waals surface area contributed by atoms with E-state index in [0.717, 1.165) is 16.9 Å². The summed E-state index contributed by atoms with van der Waals surface area (Å²) in [4.78, 5) is 14.3. The number of ether oxygens (including phenoxy) is 3. The largest absolute Gasteiger partial charge is 0.497 e. The molecule has 0 atom stereocenters. The van der Waals surface area contributed by atoms with Gasteiger partial charge in [-0.2, -0.15) is 0 Å². The summed E-state index contributed by atoms with van der Waals surface area (Å²) < 4.78 is 15.7. The molecule has 2 rings (SSSR count). The van der Waals surface area contributed by atoms with Crippen molar-refractivity contribution in [2.45, 2.75) is 13.5 Å². The molecule has 0 aliphatic heterocycles. The lowest BCUT2D eigenvalue weighted by atomic mass is 10.1. The summed E-state index contributed by atoms with van der Waals surface area (Å²) in [6.07, 6.45) is 3.36. The maximum Gasteiger partial charge on any atom is 0.246 e. The Kier molecular flexibility index (Phi) is 7.09. The average molecular weight is 355 g/mol. The molecule has 0 bridgehead atoms. The van der Waals surface area contributed by atoms with Crippen LogP contribution in [0.15, 0.2) is 48.5 Å². The van der Waals surface area contributed by atoms with Crippen LogP contribution in [0.1, 0.15) is 18.1 Å². The summed E-state index contributed by atoms with van der Waals surface area (Å²) in [5.41, 5.74) is 1.93. The summed E-state index contributed by atoms with van der Waals surface area (Å²) in [5, 5.41) is 0. The molecule has 0 N–H and O–H groups in total. The molecule has 26 heavy (non-hydrogen) atoms. The number of benzene rings is 2. The second kappa shape index (κ2) is 9.51. The zero-order valence-corrected chi connectivity index (χ0v) is 15.7. The van der Waals surface area contributed by atoms with Gasteiger partial charge in [0.05, 0.1) is 21.3 Å². The summed E-state index contributed by atoms with van der Waals surface area (Å²) in [7, 11) is 4.81. The molecule has 0 fully saturated rings. The predicted molar refractivity (Wildman–Crippen MR) is 103 cm³/mol. The molecule has 2 aromatic rings. The zero-order valence-electron chi connectivity index (χ0n) is 15.7. The van der Waals surface area contributed by atoms with E-state index >= 15 is 0 Å². The van der Waals surface area contributed by atoms with Crippen LogP contribution in [0.25, 0.3) is 6.08 Å². The van der Waals surface area contributed by atoms with Gasteiger partial charge in [0.25, 0.3) is 0 Å². The molecule has 0 aliphatic rings. The number of rotatable bonds is 8. The molecule has 5 heteroatoms. The van der Waals surface area contributed by atoms with Crippen molar-refractivity contribution in [3.63, 3.8) is 0 Å². The first-order chi connectivity index (χ1) is 12.6. The Balaban J connectivity index is 2.06. The maximum atomic E-state index is 12.5. The first-order valence-electron chi connectivity index (χ1n) is 8.43. The SMILES string of the molecule is CCN(Cc1ccc(OC)cc1)C(=O)/C=C/c1ccc(OC)c(OC)c1. The Bertz CT molecular complexity index is 753. The third-order valence-electron chi connectivity index (χ3n) is 4.05. The van der Waals surface area contributed by atoms with Crippen LogP contribution in [-0.2, 0) is 11.3 Å². The summed E-state index contributed by atoms with van der Waals surface area (Å²) in [5.74, 6) is 2.05. The predicted octanol–water partition coefficient (Wildman–Crippen LogP) is 3.77. The van der Waals surface area contributed by atoms with Crippen molar-refractivity contribution in [1.29, 1.82) is 0 Å². The highest BCUT2D eigenvalue weighted by molar-refractivity contribution is 5.91. The zero-order chi connectivity index (χ0) is 18.9. The van der Waals surface area contributed by atoms with E-state index in [0.29, 0.717) is 24.6 Å². The summed E-state index contributed by atoms with van der Waals surface area (Å²) in [6, 6.07) is 13.3. The molecule has 0 saturated heterocycles. The van der Waals surface area contributed by atoms with Crippen LogP contribution in [-0.4, -0.2) is 38.7 Å². The van der Waals surface area contributed by atoms with Gasteiger partial charge in [0.1, 0.15) is 5.75 Å². The molecular formula is C21H25NO4. The van der Waals surface area contributed by atoms with Crippen molar-refractivity contribution < 1.29 is 19.0 Å². The maximum absolute atomic E-state index is 12.5. The Labute approximate surface area is 154 Å². The topological polar surface area (TPSA) is 48.0 Å². The molecular weight excluding hydrogens is 330 g/mol. The second-order valence-electron chi connectivity index (χ2n) is 5.65. The van der Waals surface area contributed by atoms with E-state index in [2.05, 4.69) is 0 Å². The number of carbonyl (C=O) groups excluding carboxylic acids is 1. The fourth-order valence-corrected chi connectivity index (χ4v) is 2.53. The molecule has 0 aliphatic carbocycles. The van der Waals surface area contributed by atoms with Gasteiger partial charge in [-0.05, 0) is 48.4 Å². The van der Waals surface area contributed by atoms with E-state index in [1.807, 2.05) is 49.4 Å². The number of nitrogens with zero attached hydrogens (tertiary/aromatic N) is 1. The van der Waals surface area contributed by atoms with Crippen LogP contribution in [0.5, 0.6) is 17.2 Å². The first-order valence-corrected chi connectivity index (χ1v) is 8.43. The normalized spacial score (nSPS) is 10.6. The first kappa shape index (κ1) is 19.4. The highest BCUT2D eigenvalue weighted by Gasteiger charge is 2.10. The van der Waals surface area contributed by atoms with Crippen LogP contribution < -0.4 is 14.2 Å². The number of hydrogen-bond donors (Lipinski definition) is 0. The van der Waals surface area contributed by atoms with Gasteiger partial charge in [0, 0.05) is 19.2 Å². The third-order valence-corrected chi connectivity index (χ3v) is 4.05. The van der Waals surface area contributed by atoms with E-state index in [1.165, 1.54) is 0 Å². The smallest absolute Gasteiger partial charge is 0.246 e. The number of amides is 1. The van der Waals surface area contributed by atoms with Crippen molar-refractivity contribution in [2.24, 2.45) is 0 Å². The minimum absolute atomic E-state index is 0.0434. The molecule has 0 radical (unpaired) electrons. The second-order valence-corrected chi connectivity index (χ2v) is 5.65. The van der Waals surface area contributed by atoms with Crippen LogP contribution in [0.3, 0.4) is 0 Å². The Hall–Kier alpha value is -2.95. The van der Waals surface area contributed by atoms with Gasteiger partial charge in [-0.25, -0.2) is 0 Å². The van der Waals surface area contributed by atoms with Crippen LogP contribution >= 0.6 is 0 Å². The van der Waals surface area contributed by atoms with E-state index in [-0.39, 0.29) is 5.91 Å². The van der Waals surface area contributed by atoms with Crippen LogP contribution in [0.4, 0.5) is 0 Å². The fourth-order valence-electron chi connectivity index (χ4n) is 2.53. The number of likely N-dealkylation sites (N-methyl/N-ethyl adjacent to an activating group) is 1. The van der Waals surface area contributed by atoms with Crippen molar-refractivity contribution in [2.75, 3.05) is 27.9 Å². The van der Waals surface area contributed by atoms with Crippen molar-refractivity contribution in [3.8, 4) is 17.2 Å². The Morgan fingerprint density at radius 3 is 2.23 bits per heavy atom. The lowest BCUT2D eigenvalue weighted by molar-refractivity contribution is -0.126. The fraction of sp³-hybridized carbons (Fsp3) is 0.286. The van der Waals surface area contributed by atoms with E-state index in [4.69, 9.17) is 14.2 Å². The number of methoxy groups -OCH3 is 3. The van der Waals surface area contributed by atoms with Gasteiger partial charge in [-0.3, -0.25) is 4.79 Å². The molecule has 0 aromatic heterocycles. The number of carbonyl (C=O) groups is 1. The monoisotopic (exact) mass is 355 g/mol. The van der Waals surface area contributed by atoms with Gasteiger partial charge in [0.15, 0.2) is 11.5 Å². The molecule has 0 heterocycles. The van der Waals surface area contributed by atoms with E-state index in [9.17, 15) is 4.79 Å². The third kappa shape index (κ3) is 5.02. The molecule has 5 nitrogen and oxygen atoms in total. The van der Waals surface area contributed by atoms with Crippen molar-refractivity contribution in [3.05, 3.63) is 59.7 Å². The summed E-state index contributed by atoms with van der Waals surface area (Å²) >= 11 is 0. The summed E-state index contributed by atoms with van der Waals surface area (Å²) in [6.45, 7) is 3.14. The lowest BCUT2D eigenvalue weighted by Crippen LogP contribution is -2.28. The standard InChI is InChI=1S/C21H25NO4/c1-5-22(15-17-6-10-18(24-2)11-7-17)21(23)13-9-16-8-12-19(25-3)20(14-16)26-4/h6-14H,5,15H2,1-4H3/b13-9+. The molecule has 0 unspecified atom stereocenters. The minimum atomic E-state index is -0.0434. The molecule has 138 valence electrons. The van der Waals surface area contributed by atoms with E-state index in [1.54, 1.807) is 38.4 Å². The quantitative estimate of drug-likeness (QED) is 0.676.